The van der Waals surface area contributed by atoms with E-state index in [1.807, 2.05) is 67.0 Å². The summed E-state index contributed by atoms with van der Waals surface area (Å²) in [5.41, 5.74) is 6.36. The SMILES string of the molecule is C(=Cc1cccc(-c2ccccn2)c1-c1ccccn1)c1ccccc1. The molecule has 0 saturated heterocycles. The minimum absolute atomic E-state index is 0.946. The van der Waals surface area contributed by atoms with Gasteiger partial charge in [0.05, 0.1) is 11.4 Å². The first kappa shape index (κ1) is 16.0. The van der Waals surface area contributed by atoms with Crippen molar-refractivity contribution in [2.45, 2.75) is 0 Å². The molecule has 0 saturated carbocycles. The zero-order chi connectivity index (χ0) is 17.6. The van der Waals surface area contributed by atoms with Gasteiger partial charge in [-0.25, -0.2) is 0 Å². The molecule has 2 heterocycles. The number of benzene rings is 2. The average molecular weight is 334 g/mol. The van der Waals surface area contributed by atoms with Crippen LogP contribution in [0.2, 0.25) is 0 Å². The molecule has 0 radical (unpaired) electrons. The average Bonchev–Trinajstić information content (AvgIpc) is 2.74. The molecule has 2 heteroatoms. The molecule has 0 atom stereocenters. The third-order valence-corrected chi connectivity index (χ3v) is 4.21. The van der Waals surface area contributed by atoms with Crippen molar-refractivity contribution in [3.63, 3.8) is 0 Å². The maximum absolute atomic E-state index is 4.59. The Labute approximate surface area is 153 Å². The van der Waals surface area contributed by atoms with Gasteiger partial charge in [0.15, 0.2) is 0 Å². The highest BCUT2D eigenvalue weighted by Gasteiger charge is 2.12. The molecule has 4 rings (SSSR count). The van der Waals surface area contributed by atoms with E-state index in [0.29, 0.717) is 0 Å². The lowest BCUT2D eigenvalue weighted by Gasteiger charge is -2.12. The molecule has 26 heavy (non-hydrogen) atoms. The van der Waals surface area contributed by atoms with Crippen LogP contribution in [-0.2, 0) is 0 Å². The molecule has 2 aromatic carbocycles. The smallest absolute Gasteiger partial charge is 0.0714 e. The van der Waals surface area contributed by atoms with Crippen molar-refractivity contribution in [3.05, 3.63) is 108 Å². The van der Waals surface area contributed by atoms with Crippen LogP contribution in [0.15, 0.2) is 97.3 Å². The van der Waals surface area contributed by atoms with Crippen LogP contribution in [0.4, 0.5) is 0 Å². The summed E-state index contributed by atoms with van der Waals surface area (Å²) < 4.78 is 0. The van der Waals surface area contributed by atoms with Crippen LogP contribution < -0.4 is 0 Å². The summed E-state index contributed by atoms with van der Waals surface area (Å²) >= 11 is 0. The van der Waals surface area contributed by atoms with Gasteiger partial charge in [-0.05, 0) is 35.4 Å². The van der Waals surface area contributed by atoms with Gasteiger partial charge in [0.25, 0.3) is 0 Å². The number of hydrogen-bond donors (Lipinski definition) is 0. The van der Waals surface area contributed by atoms with Gasteiger partial charge >= 0.3 is 0 Å². The number of pyridine rings is 2. The number of hydrogen-bond acceptors (Lipinski definition) is 2. The summed E-state index contributed by atoms with van der Waals surface area (Å²) in [4.78, 5) is 9.13. The molecular formula is C24H18N2. The minimum atomic E-state index is 0.946. The van der Waals surface area contributed by atoms with E-state index in [1.165, 1.54) is 5.56 Å². The molecule has 0 amide bonds. The molecule has 4 aromatic rings. The van der Waals surface area contributed by atoms with Gasteiger partial charge in [-0.15, -0.1) is 0 Å². The normalized spacial score (nSPS) is 10.9. The van der Waals surface area contributed by atoms with Gasteiger partial charge in [-0.1, -0.05) is 72.8 Å². The minimum Gasteiger partial charge on any atom is -0.256 e. The fourth-order valence-corrected chi connectivity index (χ4v) is 2.99. The Morgan fingerprint density at radius 2 is 1.23 bits per heavy atom. The quantitative estimate of drug-likeness (QED) is 0.429. The second kappa shape index (κ2) is 7.58. The Bertz CT molecular complexity index is 1010. The number of nitrogens with zero attached hydrogens (tertiary/aromatic N) is 2. The topological polar surface area (TPSA) is 25.8 Å². The summed E-state index contributed by atoms with van der Waals surface area (Å²) in [5.74, 6) is 0. The standard InChI is InChI=1S/C24H18N2/c1-2-9-19(10-3-1)15-16-20-11-8-12-21(22-13-4-6-17-25-22)24(20)23-14-5-7-18-26-23/h1-18H. The number of aromatic nitrogens is 2. The highest BCUT2D eigenvalue weighted by atomic mass is 14.7. The van der Waals surface area contributed by atoms with Crippen LogP contribution in [0, 0.1) is 0 Å². The zero-order valence-electron chi connectivity index (χ0n) is 14.3. The van der Waals surface area contributed by atoms with Gasteiger partial charge in [-0.3, -0.25) is 9.97 Å². The van der Waals surface area contributed by atoms with E-state index in [9.17, 15) is 0 Å². The second-order valence-electron chi connectivity index (χ2n) is 5.94. The number of rotatable bonds is 4. The molecule has 0 N–H and O–H groups in total. The third-order valence-electron chi connectivity index (χ3n) is 4.21. The van der Waals surface area contributed by atoms with Gasteiger partial charge < -0.3 is 0 Å². The lowest BCUT2D eigenvalue weighted by Crippen LogP contribution is -1.92. The largest absolute Gasteiger partial charge is 0.256 e. The van der Waals surface area contributed by atoms with Crippen LogP contribution in [0.25, 0.3) is 34.7 Å². The van der Waals surface area contributed by atoms with Crippen molar-refractivity contribution in [2.75, 3.05) is 0 Å². The summed E-state index contributed by atoms with van der Waals surface area (Å²) in [6, 6.07) is 28.6. The van der Waals surface area contributed by atoms with E-state index in [4.69, 9.17) is 0 Å². The molecule has 2 aromatic heterocycles. The first-order valence-corrected chi connectivity index (χ1v) is 8.61. The highest BCUT2D eigenvalue weighted by molar-refractivity contribution is 5.89. The van der Waals surface area contributed by atoms with Crippen molar-refractivity contribution in [1.82, 2.24) is 9.97 Å². The van der Waals surface area contributed by atoms with Crippen LogP contribution in [0.3, 0.4) is 0 Å². The maximum Gasteiger partial charge on any atom is 0.0714 e. The first-order chi connectivity index (χ1) is 12.9. The molecule has 0 aliphatic heterocycles. The van der Waals surface area contributed by atoms with E-state index in [1.54, 1.807) is 0 Å². The van der Waals surface area contributed by atoms with E-state index >= 15 is 0 Å². The van der Waals surface area contributed by atoms with E-state index in [-0.39, 0.29) is 0 Å². The third kappa shape index (κ3) is 3.45. The molecule has 0 aliphatic carbocycles. The van der Waals surface area contributed by atoms with Crippen LogP contribution in [-0.4, -0.2) is 9.97 Å². The molecule has 2 nitrogen and oxygen atoms in total. The summed E-state index contributed by atoms with van der Waals surface area (Å²) in [6.45, 7) is 0. The monoisotopic (exact) mass is 334 g/mol. The van der Waals surface area contributed by atoms with E-state index in [2.05, 4.69) is 52.5 Å². The van der Waals surface area contributed by atoms with Crippen LogP contribution >= 0.6 is 0 Å². The Hall–Kier alpha value is -3.52. The van der Waals surface area contributed by atoms with Gasteiger partial charge in [0, 0.05) is 23.5 Å². The molecule has 0 bridgehead atoms. The first-order valence-electron chi connectivity index (χ1n) is 8.61. The Morgan fingerprint density at radius 1 is 0.538 bits per heavy atom. The van der Waals surface area contributed by atoms with Crippen LogP contribution in [0.5, 0.6) is 0 Å². The zero-order valence-corrected chi connectivity index (χ0v) is 14.3. The van der Waals surface area contributed by atoms with E-state index < -0.39 is 0 Å². The summed E-state index contributed by atoms with van der Waals surface area (Å²) in [6.07, 6.45) is 7.93. The predicted molar refractivity (Wildman–Crippen MR) is 108 cm³/mol. The summed E-state index contributed by atoms with van der Waals surface area (Å²) in [7, 11) is 0. The fraction of sp³-hybridized carbons (Fsp3) is 0. The Balaban J connectivity index is 1.88. The molecule has 0 aliphatic rings. The Morgan fingerprint density at radius 3 is 1.92 bits per heavy atom. The lowest BCUT2D eigenvalue weighted by molar-refractivity contribution is 1.30. The fourth-order valence-electron chi connectivity index (χ4n) is 2.99. The maximum atomic E-state index is 4.59. The van der Waals surface area contributed by atoms with Crippen molar-refractivity contribution in [1.29, 1.82) is 0 Å². The van der Waals surface area contributed by atoms with Crippen molar-refractivity contribution >= 4 is 12.2 Å². The van der Waals surface area contributed by atoms with Crippen molar-refractivity contribution in [2.24, 2.45) is 0 Å². The van der Waals surface area contributed by atoms with Gasteiger partial charge in [0.2, 0.25) is 0 Å². The van der Waals surface area contributed by atoms with Gasteiger partial charge in [-0.2, -0.15) is 0 Å². The molecule has 0 fully saturated rings. The molecule has 0 unspecified atom stereocenters. The molecule has 124 valence electrons. The molecular weight excluding hydrogens is 316 g/mol. The summed E-state index contributed by atoms with van der Waals surface area (Å²) in [5, 5.41) is 0. The second-order valence-corrected chi connectivity index (χ2v) is 5.94. The van der Waals surface area contributed by atoms with Crippen molar-refractivity contribution in [3.8, 4) is 22.5 Å². The van der Waals surface area contributed by atoms with Crippen molar-refractivity contribution < 1.29 is 0 Å². The van der Waals surface area contributed by atoms with Gasteiger partial charge in [0.1, 0.15) is 0 Å². The van der Waals surface area contributed by atoms with E-state index in [0.717, 1.165) is 28.1 Å². The van der Waals surface area contributed by atoms with Crippen LogP contribution in [0.1, 0.15) is 11.1 Å². The highest BCUT2D eigenvalue weighted by Crippen LogP contribution is 2.33. The molecule has 0 spiro atoms. The predicted octanol–water partition coefficient (Wildman–Crippen LogP) is 5.98. The lowest BCUT2D eigenvalue weighted by atomic mass is 9.94. The Kier molecular flexibility index (Phi) is 4.66.